The van der Waals surface area contributed by atoms with Crippen LogP contribution in [0, 0.1) is 46.3 Å². The van der Waals surface area contributed by atoms with Gasteiger partial charge in [-0.2, -0.15) is 4.89 Å². The number of fused-ring (bicyclic) bond motifs is 5. The Morgan fingerprint density at radius 3 is 2.26 bits per heavy atom. The Labute approximate surface area is 291 Å². The molecule has 4 aliphatic carbocycles. The van der Waals surface area contributed by atoms with Crippen molar-refractivity contribution in [2.45, 2.75) is 202 Å². The van der Waals surface area contributed by atoms with Gasteiger partial charge in [0.15, 0.2) is 0 Å². The van der Waals surface area contributed by atoms with Crippen LogP contribution < -0.4 is 0 Å². The zero-order chi connectivity index (χ0) is 33.7. The summed E-state index contributed by atoms with van der Waals surface area (Å²) in [5.74, 6) is 4.97. The summed E-state index contributed by atoms with van der Waals surface area (Å²) in [4.78, 5) is 23.6. The van der Waals surface area contributed by atoms with Crippen LogP contribution in [0.5, 0.6) is 0 Å². The van der Waals surface area contributed by atoms with Crippen molar-refractivity contribution >= 4 is 5.97 Å². The van der Waals surface area contributed by atoms with Gasteiger partial charge >= 0.3 is 5.97 Å². The van der Waals surface area contributed by atoms with Gasteiger partial charge in [-0.3, -0.25) is 4.89 Å². The minimum absolute atomic E-state index is 0.0162. The fraction of sp³-hybridized carbons (Fsp3) is 0.886. The van der Waals surface area contributed by atoms with Crippen molar-refractivity contribution in [2.75, 3.05) is 0 Å². The average Bonchev–Trinajstić information content (AvgIpc) is 3.41. The molecule has 270 valence electrons. The normalized spacial score (nSPS) is 32.6. The van der Waals surface area contributed by atoms with Crippen molar-refractivity contribution in [3.05, 3.63) is 23.8 Å². The molecule has 0 saturated heterocycles. The zero-order valence-corrected chi connectivity index (χ0v) is 32.0. The van der Waals surface area contributed by atoms with Crippen LogP contribution in [-0.2, 0) is 14.6 Å². The van der Waals surface area contributed by atoms with Gasteiger partial charge in [0.25, 0.3) is 0 Å². The molecule has 0 unspecified atom stereocenters. The maximum absolute atomic E-state index is 12.5. The number of unbranched alkanes of at least 4 members (excludes halogenated alkanes) is 10. The maximum Gasteiger partial charge on any atom is 0.342 e. The van der Waals surface area contributed by atoms with Crippen molar-refractivity contribution in [3.8, 4) is 0 Å². The van der Waals surface area contributed by atoms with Gasteiger partial charge in [0.1, 0.15) is 6.10 Å². The van der Waals surface area contributed by atoms with Crippen LogP contribution in [-0.4, -0.2) is 12.1 Å². The lowest BCUT2D eigenvalue weighted by molar-refractivity contribution is -0.302. The molecular formula is C44H76O3. The molecule has 3 saturated carbocycles. The third kappa shape index (κ3) is 10.7. The monoisotopic (exact) mass is 653 g/mol. The maximum atomic E-state index is 12.5. The molecule has 0 spiro atoms. The molecule has 0 radical (unpaired) electrons. The van der Waals surface area contributed by atoms with Gasteiger partial charge in [0, 0.05) is 6.42 Å². The summed E-state index contributed by atoms with van der Waals surface area (Å²) in [7, 11) is 0. The van der Waals surface area contributed by atoms with Gasteiger partial charge < -0.3 is 0 Å². The second-order valence-electron chi connectivity index (χ2n) is 17.7. The van der Waals surface area contributed by atoms with E-state index in [1.807, 2.05) is 0 Å². The number of hydrogen-bond acceptors (Lipinski definition) is 3. The Hall–Kier alpha value is -1.09. The van der Waals surface area contributed by atoms with Crippen molar-refractivity contribution in [1.82, 2.24) is 0 Å². The highest BCUT2D eigenvalue weighted by Crippen LogP contribution is 2.67. The smallest absolute Gasteiger partial charge is 0.298 e. The van der Waals surface area contributed by atoms with Gasteiger partial charge in [0.05, 0.1) is 0 Å². The molecule has 3 heteroatoms. The van der Waals surface area contributed by atoms with Crippen LogP contribution in [0.3, 0.4) is 0 Å². The molecule has 0 heterocycles. The highest BCUT2D eigenvalue weighted by Gasteiger charge is 2.59. The van der Waals surface area contributed by atoms with Gasteiger partial charge in [0.2, 0.25) is 0 Å². The fourth-order valence-electron chi connectivity index (χ4n) is 11.1. The van der Waals surface area contributed by atoms with E-state index in [2.05, 4.69) is 59.8 Å². The summed E-state index contributed by atoms with van der Waals surface area (Å²) in [5, 5.41) is 0. The summed E-state index contributed by atoms with van der Waals surface area (Å²) in [6.45, 7) is 14.9. The van der Waals surface area contributed by atoms with Crippen LogP contribution >= 0.6 is 0 Å². The minimum atomic E-state index is -0.204. The topological polar surface area (TPSA) is 35.5 Å². The molecule has 0 aromatic carbocycles. The average molecular weight is 653 g/mol. The summed E-state index contributed by atoms with van der Waals surface area (Å²) in [5.41, 5.74) is 2.44. The van der Waals surface area contributed by atoms with E-state index in [0.717, 1.165) is 61.2 Å². The lowest BCUT2D eigenvalue weighted by Crippen LogP contribution is -2.51. The van der Waals surface area contributed by atoms with E-state index < -0.39 is 0 Å². The molecule has 0 amide bonds. The molecule has 4 aliphatic rings. The highest BCUT2D eigenvalue weighted by atomic mass is 17.2. The van der Waals surface area contributed by atoms with Crippen molar-refractivity contribution in [1.29, 1.82) is 0 Å². The first-order valence-electron chi connectivity index (χ1n) is 20.9. The molecule has 0 aliphatic heterocycles. The zero-order valence-electron chi connectivity index (χ0n) is 32.0. The van der Waals surface area contributed by atoms with E-state index in [1.54, 1.807) is 5.57 Å². The first-order valence-corrected chi connectivity index (χ1v) is 20.9. The Morgan fingerprint density at radius 2 is 1.53 bits per heavy atom. The number of allylic oxidation sites excluding steroid dienone is 3. The van der Waals surface area contributed by atoms with Gasteiger partial charge in [-0.15, -0.1) is 0 Å². The summed E-state index contributed by atoms with van der Waals surface area (Å²) in [6, 6.07) is 0. The molecule has 3 nitrogen and oxygen atoms in total. The Kier molecular flexibility index (Phi) is 15.9. The van der Waals surface area contributed by atoms with Gasteiger partial charge in [-0.05, 0) is 123 Å². The third-order valence-electron chi connectivity index (χ3n) is 13.9. The molecule has 3 fully saturated rings. The molecular weight excluding hydrogens is 576 g/mol. The highest BCUT2D eigenvalue weighted by molar-refractivity contribution is 5.68. The lowest BCUT2D eigenvalue weighted by atomic mass is 9.47. The van der Waals surface area contributed by atoms with Crippen molar-refractivity contribution < 1.29 is 14.6 Å². The number of carbonyl (C=O) groups is 1. The van der Waals surface area contributed by atoms with Gasteiger partial charge in [-0.25, -0.2) is 4.79 Å². The van der Waals surface area contributed by atoms with Crippen LogP contribution in [0.25, 0.3) is 0 Å². The molecule has 0 N–H and O–H groups in total. The van der Waals surface area contributed by atoms with E-state index in [-0.39, 0.29) is 12.1 Å². The molecule has 0 aromatic heterocycles. The van der Waals surface area contributed by atoms with E-state index in [4.69, 9.17) is 9.78 Å². The number of carbonyl (C=O) groups excluding carboxylic acids is 1. The minimum Gasteiger partial charge on any atom is -0.298 e. The SMILES string of the molecule is CCCCCCCCCCCC=CCCCC(=O)OO[C@H]1CC[C@@]2(C)C(=CC[C@H]3[C@@H]4CC[C@H]([C@H](C)CCCC(C)C)[C@@]4(C)CC[C@@H]32)C1. The van der Waals surface area contributed by atoms with Crippen LogP contribution in [0.1, 0.15) is 196 Å². The van der Waals surface area contributed by atoms with Crippen LogP contribution in [0.2, 0.25) is 0 Å². The summed E-state index contributed by atoms with van der Waals surface area (Å²) >= 11 is 0. The van der Waals surface area contributed by atoms with E-state index >= 15 is 0 Å². The van der Waals surface area contributed by atoms with Crippen LogP contribution in [0.4, 0.5) is 0 Å². The van der Waals surface area contributed by atoms with E-state index in [0.29, 0.717) is 17.3 Å². The van der Waals surface area contributed by atoms with Gasteiger partial charge in [-0.1, -0.05) is 136 Å². The quantitative estimate of drug-likeness (QED) is 0.0536. The molecule has 0 aromatic rings. The van der Waals surface area contributed by atoms with E-state index in [1.165, 1.54) is 122 Å². The van der Waals surface area contributed by atoms with Crippen LogP contribution in [0.15, 0.2) is 23.8 Å². The predicted molar refractivity (Wildman–Crippen MR) is 199 cm³/mol. The predicted octanol–water partition coefficient (Wildman–Crippen LogP) is 13.5. The first kappa shape index (κ1) is 38.7. The second kappa shape index (κ2) is 19.3. The van der Waals surface area contributed by atoms with E-state index in [9.17, 15) is 4.79 Å². The Bertz CT molecular complexity index is 981. The lowest BCUT2D eigenvalue weighted by Gasteiger charge is -2.58. The number of rotatable bonds is 21. The molecule has 0 bridgehead atoms. The standard InChI is InChI=1S/C44H76O3/c1-7-8-9-10-11-12-13-14-15-16-17-18-19-20-24-42(45)47-46-37-29-31-43(5)36(33-37)25-26-38-40-28-27-39(35(4)23-21-22-34(2)3)44(40,6)32-30-41(38)43/h17-18,25,34-35,37-41H,7-16,19-24,26-33H2,1-6H3/t35-,37+,38+,39-,40+,41+,43+,44-/m1/s1. The molecule has 47 heavy (non-hydrogen) atoms. The molecule has 4 rings (SSSR count). The first-order chi connectivity index (χ1) is 22.7. The largest absolute Gasteiger partial charge is 0.342 e. The summed E-state index contributed by atoms with van der Waals surface area (Å²) in [6.07, 6.45) is 37.3. The number of hydrogen-bond donors (Lipinski definition) is 0. The summed E-state index contributed by atoms with van der Waals surface area (Å²) < 4.78 is 0. The second-order valence-corrected chi connectivity index (χ2v) is 17.7. The Balaban J connectivity index is 1.12. The Morgan fingerprint density at radius 1 is 0.830 bits per heavy atom. The molecule has 8 atom stereocenters. The van der Waals surface area contributed by atoms with Crippen molar-refractivity contribution in [3.63, 3.8) is 0 Å². The third-order valence-corrected chi connectivity index (χ3v) is 13.9. The fourth-order valence-corrected chi connectivity index (χ4v) is 11.1. The van der Waals surface area contributed by atoms with Crippen molar-refractivity contribution in [2.24, 2.45) is 46.3 Å².